The van der Waals surface area contributed by atoms with Crippen LogP contribution >= 0.6 is 0 Å². The molecule has 0 saturated heterocycles. The summed E-state index contributed by atoms with van der Waals surface area (Å²) in [7, 11) is 3.35. The highest BCUT2D eigenvalue weighted by Crippen LogP contribution is 2.26. The zero-order valence-corrected chi connectivity index (χ0v) is 11.7. The molecule has 0 amide bonds. The molecular formula is C14H22N2O2. The van der Waals surface area contributed by atoms with Crippen LogP contribution in [0.5, 0.6) is 0 Å². The number of nitrogen functional groups attached to an aromatic ring is 1. The second-order valence-corrected chi connectivity index (χ2v) is 4.86. The molecule has 0 bridgehead atoms. The standard InChI is InChI=1S/C14H22N2O2/c1-9(2)10(3)16(4)13-7-6-11(15)8-12(13)14(17)18-5/h6-10H,15H2,1-5H3. The SMILES string of the molecule is COC(=O)c1cc(N)ccc1N(C)C(C)C(C)C. The van der Waals surface area contributed by atoms with Crippen LogP contribution in [0.3, 0.4) is 0 Å². The Morgan fingerprint density at radius 2 is 1.94 bits per heavy atom. The van der Waals surface area contributed by atoms with Gasteiger partial charge in [0.15, 0.2) is 0 Å². The molecular weight excluding hydrogens is 228 g/mol. The Hall–Kier alpha value is -1.71. The predicted molar refractivity (Wildman–Crippen MR) is 74.9 cm³/mol. The molecule has 1 rings (SSSR count). The lowest BCUT2D eigenvalue weighted by molar-refractivity contribution is 0.0601. The molecule has 18 heavy (non-hydrogen) atoms. The van der Waals surface area contributed by atoms with Crippen molar-refractivity contribution in [2.75, 3.05) is 24.8 Å². The van der Waals surface area contributed by atoms with Crippen LogP contribution in [0, 0.1) is 5.92 Å². The first-order chi connectivity index (χ1) is 8.38. The van der Waals surface area contributed by atoms with E-state index >= 15 is 0 Å². The van der Waals surface area contributed by atoms with Gasteiger partial charge in [-0.15, -0.1) is 0 Å². The van der Waals surface area contributed by atoms with Crippen LogP contribution < -0.4 is 10.6 Å². The van der Waals surface area contributed by atoms with Gasteiger partial charge in [0, 0.05) is 18.8 Å². The summed E-state index contributed by atoms with van der Waals surface area (Å²) < 4.78 is 4.80. The zero-order chi connectivity index (χ0) is 13.9. The minimum atomic E-state index is -0.361. The summed E-state index contributed by atoms with van der Waals surface area (Å²) in [4.78, 5) is 13.9. The molecule has 1 unspecified atom stereocenters. The Morgan fingerprint density at radius 1 is 1.33 bits per heavy atom. The van der Waals surface area contributed by atoms with Gasteiger partial charge in [-0.1, -0.05) is 13.8 Å². The second kappa shape index (κ2) is 5.76. The second-order valence-electron chi connectivity index (χ2n) is 4.86. The van der Waals surface area contributed by atoms with Gasteiger partial charge in [0.25, 0.3) is 0 Å². The highest BCUT2D eigenvalue weighted by molar-refractivity contribution is 5.97. The molecule has 0 aliphatic heterocycles. The molecule has 1 aromatic rings. The van der Waals surface area contributed by atoms with Gasteiger partial charge in [0.2, 0.25) is 0 Å². The van der Waals surface area contributed by atoms with Gasteiger partial charge in [-0.05, 0) is 31.0 Å². The van der Waals surface area contributed by atoms with Gasteiger partial charge in [0.05, 0.1) is 18.4 Å². The van der Waals surface area contributed by atoms with Crippen LogP contribution in [0.2, 0.25) is 0 Å². The number of esters is 1. The number of carbonyl (C=O) groups excluding carboxylic acids is 1. The van der Waals surface area contributed by atoms with Crippen molar-refractivity contribution in [2.45, 2.75) is 26.8 Å². The van der Waals surface area contributed by atoms with Crippen molar-refractivity contribution in [3.8, 4) is 0 Å². The van der Waals surface area contributed by atoms with Crippen molar-refractivity contribution >= 4 is 17.3 Å². The van der Waals surface area contributed by atoms with Crippen molar-refractivity contribution in [3.05, 3.63) is 23.8 Å². The molecule has 0 heterocycles. The maximum absolute atomic E-state index is 11.8. The molecule has 100 valence electrons. The Kier molecular flexibility index (Phi) is 4.59. The average Bonchev–Trinajstić information content (AvgIpc) is 2.35. The lowest BCUT2D eigenvalue weighted by Gasteiger charge is -2.31. The van der Waals surface area contributed by atoms with Crippen molar-refractivity contribution < 1.29 is 9.53 Å². The lowest BCUT2D eigenvalue weighted by atomic mass is 10.0. The van der Waals surface area contributed by atoms with E-state index in [0.29, 0.717) is 23.2 Å². The predicted octanol–water partition coefficient (Wildman–Crippen LogP) is 2.54. The fourth-order valence-corrected chi connectivity index (χ4v) is 1.80. The number of hydrogen-bond acceptors (Lipinski definition) is 4. The van der Waals surface area contributed by atoms with Crippen LogP contribution in [0.1, 0.15) is 31.1 Å². The quantitative estimate of drug-likeness (QED) is 0.659. The van der Waals surface area contributed by atoms with E-state index in [4.69, 9.17) is 10.5 Å². The number of anilines is 2. The summed E-state index contributed by atoms with van der Waals surface area (Å²) >= 11 is 0. The average molecular weight is 250 g/mol. The number of methoxy groups -OCH3 is 1. The molecule has 0 spiro atoms. The van der Waals surface area contributed by atoms with E-state index in [1.54, 1.807) is 12.1 Å². The molecule has 0 fully saturated rings. The fraction of sp³-hybridized carbons (Fsp3) is 0.500. The molecule has 0 saturated carbocycles. The van der Waals surface area contributed by atoms with E-state index in [0.717, 1.165) is 5.69 Å². The lowest BCUT2D eigenvalue weighted by Crippen LogP contribution is -2.34. The van der Waals surface area contributed by atoms with Gasteiger partial charge in [-0.3, -0.25) is 0 Å². The Balaban J connectivity index is 3.19. The minimum absolute atomic E-state index is 0.317. The number of carbonyl (C=O) groups is 1. The highest BCUT2D eigenvalue weighted by atomic mass is 16.5. The Bertz CT molecular complexity index is 430. The zero-order valence-electron chi connectivity index (χ0n) is 11.7. The number of nitrogens with zero attached hydrogens (tertiary/aromatic N) is 1. The highest BCUT2D eigenvalue weighted by Gasteiger charge is 2.20. The van der Waals surface area contributed by atoms with E-state index < -0.39 is 0 Å². The van der Waals surface area contributed by atoms with Gasteiger partial charge in [-0.25, -0.2) is 4.79 Å². The Labute approximate surface area is 109 Å². The van der Waals surface area contributed by atoms with Gasteiger partial charge < -0.3 is 15.4 Å². The first kappa shape index (κ1) is 14.4. The van der Waals surface area contributed by atoms with E-state index in [9.17, 15) is 4.79 Å². The van der Waals surface area contributed by atoms with Crippen molar-refractivity contribution in [1.82, 2.24) is 0 Å². The Morgan fingerprint density at radius 3 is 2.44 bits per heavy atom. The van der Waals surface area contributed by atoms with Crippen LogP contribution in [0.25, 0.3) is 0 Å². The van der Waals surface area contributed by atoms with Gasteiger partial charge in [-0.2, -0.15) is 0 Å². The molecule has 0 aliphatic carbocycles. The molecule has 1 atom stereocenters. The molecule has 1 aromatic carbocycles. The molecule has 4 nitrogen and oxygen atoms in total. The summed E-state index contributed by atoms with van der Waals surface area (Å²) in [6, 6.07) is 5.63. The summed E-state index contributed by atoms with van der Waals surface area (Å²) in [6.07, 6.45) is 0. The number of hydrogen-bond donors (Lipinski definition) is 1. The van der Waals surface area contributed by atoms with Crippen LogP contribution in [0.4, 0.5) is 11.4 Å². The fourth-order valence-electron chi connectivity index (χ4n) is 1.80. The molecule has 0 aromatic heterocycles. The number of benzene rings is 1. The smallest absolute Gasteiger partial charge is 0.340 e. The van der Waals surface area contributed by atoms with Crippen molar-refractivity contribution in [3.63, 3.8) is 0 Å². The van der Waals surface area contributed by atoms with Crippen LogP contribution in [0.15, 0.2) is 18.2 Å². The number of ether oxygens (including phenoxy) is 1. The molecule has 0 aliphatic rings. The third-order valence-corrected chi connectivity index (χ3v) is 3.38. The number of rotatable bonds is 4. The largest absolute Gasteiger partial charge is 0.465 e. The van der Waals surface area contributed by atoms with Crippen molar-refractivity contribution in [2.24, 2.45) is 5.92 Å². The van der Waals surface area contributed by atoms with Crippen molar-refractivity contribution in [1.29, 1.82) is 0 Å². The summed E-state index contributed by atoms with van der Waals surface area (Å²) in [5.74, 6) is 0.123. The first-order valence-electron chi connectivity index (χ1n) is 6.09. The van der Waals surface area contributed by atoms with E-state index in [-0.39, 0.29) is 5.97 Å². The molecule has 0 radical (unpaired) electrons. The topological polar surface area (TPSA) is 55.6 Å². The third kappa shape index (κ3) is 2.94. The number of nitrogens with two attached hydrogens (primary N) is 1. The molecule has 4 heteroatoms. The van der Waals surface area contributed by atoms with Crippen LogP contribution in [-0.2, 0) is 4.74 Å². The maximum atomic E-state index is 11.8. The van der Waals surface area contributed by atoms with E-state index in [1.165, 1.54) is 7.11 Å². The monoisotopic (exact) mass is 250 g/mol. The summed E-state index contributed by atoms with van der Waals surface area (Å²) in [6.45, 7) is 6.43. The van der Waals surface area contributed by atoms with Gasteiger partial charge >= 0.3 is 5.97 Å². The summed E-state index contributed by atoms with van der Waals surface area (Å²) in [5, 5.41) is 0. The maximum Gasteiger partial charge on any atom is 0.340 e. The minimum Gasteiger partial charge on any atom is -0.465 e. The third-order valence-electron chi connectivity index (χ3n) is 3.38. The first-order valence-corrected chi connectivity index (χ1v) is 6.09. The normalized spacial score (nSPS) is 12.3. The van der Waals surface area contributed by atoms with Crippen LogP contribution in [-0.4, -0.2) is 26.2 Å². The van der Waals surface area contributed by atoms with E-state index in [2.05, 4.69) is 25.7 Å². The van der Waals surface area contributed by atoms with E-state index in [1.807, 2.05) is 13.1 Å². The van der Waals surface area contributed by atoms with Gasteiger partial charge in [0.1, 0.15) is 0 Å². The summed E-state index contributed by atoms with van der Waals surface area (Å²) in [5.41, 5.74) is 7.64. The molecule has 2 N–H and O–H groups in total.